The summed E-state index contributed by atoms with van der Waals surface area (Å²) >= 11 is 0.891. The summed E-state index contributed by atoms with van der Waals surface area (Å²) in [6, 6.07) is 3.83. The van der Waals surface area contributed by atoms with E-state index in [4.69, 9.17) is 0 Å². The van der Waals surface area contributed by atoms with Gasteiger partial charge in [-0.3, -0.25) is 9.59 Å². The van der Waals surface area contributed by atoms with E-state index < -0.39 is 97.1 Å². The number of carbonyl (C=O) groups excluding carboxylic acids is 2. The number of benzene rings is 3. The number of ether oxygens (including phenoxy) is 1. The summed E-state index contributed by atoms with van der Waals surface area (Å²) in [5, 5.41) is 1.66. The normalized spacial score (nSPS) is 12.6. The highest BCUT2D eigenvalue weighted by Crippen LogP contribution is 2.54. The van der Waals surface area contributed by atoms with Crippen LogP contribution in [0.4, 0.5) is 68.5 Å². The lowest BCUT2D eigenvalue weighted by Gasteiger charge is -2.31. The van der Waals surface area contributed by atoms with Crippen LogP contribution in [0, 0.1) is 21.0 Å². The molecule has 0 heterocycles. The molecule has 0 aromatic heterocycles. The van der Waals surface area contributed by atoms with Gasteiger partial charge in [-0.25, -0.2) is 17.6 Å². The smallest absolute Gasteiger partial charge is 0.404 e. The van der Waals surface area contributed by atoms with Crippen molar-refractivity contribution < 1.29 is 71.4 Å². The predicted octanol–water partition coefficient (Wildman–Crippen LogP) is 8.43. The SMILES string of the molecule is CN(C(=O)c1ccc(F)c(F)c1)c1cccc(C(=O)Nc2c(I)cc(C(F)(C(F)(F)F)C(F)(F)F)cc2OC(F)(F)F)c1F. The minimum Gasteiger partial charge on any atom is -0.404 e. The summed E-state index contributed by atoms with van der Waals surface area (Å²) in [6.45, 7) is 0. The van der Waals surface area contributed by atoms with Crippen LogP contribution >= 0.6 is 22.6 Å². The number of nitrogens with zero attached hydrogens (tertiary/aromatic N) is 1. The average Bonchev–Trinajstić information content (AvgIpc) is 2.88. The molecule has 0 aliphatic rings. The van der Waals surface area contributed by atoms with Crippen molar-refractivity contribution in [2.45, 2.75) is 24.4 Å². The minimum absolute atomic E-state index is 0.151. The largest absolute Gasteiger partial charge is 0.573 e. The van der Waals surface area contributed by atoms with E-state index in [1.165, 1.54) is 0 Å². The summed E-state index contributed by atoms with van der Waals surface area (Å²) in [5.41, 5.74) is -11.9. The second kappa shape index (κ2) is 12.0. The first-order chi connectivity index (χ1) is 20.0. The molecule has 1 N–H and O–H groups in total. The van der Waals surface area contributed by atoms with Gasteiger partial charge in [0.05, 0.1) is 16.9 Å². The van der Waals surface area contributed by atoms with Crippen LogP contribution in [0.15, 0.2) is 48.5 Å². The number of hydrogen-bond acceptors (Lipinski definition) is 3. The van der Waals surface area contributed by atoms with Crippen molar-refractivity contribution in [3.8, 4) is 5.75 Å². The van der Waals surface area contributed by atoms with Crippen molar-refractivity contribution in [1.82, 2.24) is 0 Å². The summed E-state index contributed by atoms with van der Waals surface area (Å²) in [5.74, 6) is -8.93. The molecule has 0 saturated heterocycles. The molecule has 19 heteroatoms. The van der Waals surface area contributed by atoms with Crippen LogP contribution in [-0.2, 0) is 5.67 Å². The Hall–Kier alpha value is -3.78. The number of carbonyl (C=O) groups is 2. The number of amides is 2. The van der Waals surface area contributed by atoms with Gasteiger partial charge in [0.25, 0.3) is 11.8 Å². The second-order valence-corrected chi connectivity index (χ2v) is 9.78. The van der Waals surface area contributed by atoms with E-state index in [-0.39, 0.29) is 6.07 Å². The second-order valence-electron chi connectivity index (χ2n) is 8.62. The third-order valence-electron chi connectivity index (χ3n) is 5.75. The zero-order valence-corrected chi connectivity index (χ0v) is 23.2. The fourth-order valence-corrected chi connectivity index (χ4v) is 4.40. The molecule has 0 fully saturated rings. The third-order valence-corrected chi connectivity index (χ3v) is 6.60. The van der Waals surface area contributed by atoms with Gasteiger partial charge in [-0.15, -0.1) is 13.2 Å². The minimum atomic E-state index is -6.71. The summed E-state index contributed by atoms with van der Waals surface area (Å²) < 4.78 is 178. The molecule has 44 heavy (non-hydrogen) atoms. The highest BCUT2D eigenvalue weighted by atomic mass is 127. The Morgan fingerprint density at radius 2 is 1.41 bits per heavy atom. The Bertz CT molecular complexity index is 1590. The molecule has 5 nitrogen and oxygen atoms in total. The summed E-state index contributed by atoms with van der Waals surface area (Å²) in [4.78, 5) is 26.1. The number of nitrogens with one attached hydrogen (secondary N) is 1. The van der Waals surface area contributed by atoms with Crippen molar-refractivity contribution in [3.05, 3.63) is 86.2 Å². The first-order valence-corrected chi connectivity index (χ1v) is 12.3. The van der Waals surface area contributed by atoms with Crippen LogP contribution < -0.4 is 15.0 Å². The molecular formula is C25H12F13IN2O3. The molecule has 0 aliphatic heterocycles. The lowest BCUT2D eigenvalue weighted by molar-refractivity contribution is -0.348. The van der Waals surface area contributed by atoms with Crippen LogP contribution in [0.25, 0.3) is 0 Å². The van der Waals surface area contributed by atoms with Crippen LogP contribution in [0.5, 0.6) is 5.75 Å². The number of anilines is 2. The van der Waals surface area contributed by atoms with Crippen molar-refractivity contribution in [2.75, 3.05) is 17.3 Å². The number of hydrogen-bond donors (Lipinski definition) is 1. The zero-order chi connectivity index (χ0) is 33.6. The standard InChI is InChI=1S/C25H12F13IN2O3/c1-41(21(43)10-5-6-13(26)14(27)7-10)16-4-2-3-12(18(16)28)20(42)40-19-15(39)8-11(9-17(19)44-25(36,37)38)22(29,23(30,31)32)24(33,34)35/h2-9H,1H3,(H,40,42). The molecule has 0 atom stereocenters. The number of rotatable bonds is 6. The maximum atomic E-state index is 15.3. The maximum absolute atomic E-state index is 15.3. The van der Waals surface area contributed by atoms with Gasteiger partial charge in [0.15, 0.2) is 23.2 Å². The first kappa shape index (κ1) is 34.7. The van der Waals surface area contributed by atoms with Crippen molar-refractivity contribution in [1.29, 1.82) is 0 Å². The molecule has 3 rings (SSSR count). The summed E-state index contributed by atoms with van der Waals surface area (Å²) in [7, 11) is 0.950. The summed E-state index contributed by atoms with van der Waals surface area (Å²) in [6.07, 6.45) is -19.2. The zero-order valence-electron chi connectivity index (χ0n) is 21.1. The van der Waals surface area contributed by atoms with Gasteiger partial charge in [0, 0.05) is 21.7 Å². The first-order valence-electron chi connectivity index (χ1n) is 11.2. The van der Waals surface area contributed by atoms with E-state index in [0.717, 1.165) is 53.9 Å². The Balaban J connectivity index is 2.07. The highest BCUT2D eigenvalue weighted by Gasteiger charge is 2.73. The number of alkyl halides is 10. The van der Waals surface area contributed by atoms with Crippen LogP contribution in [-0.4, -0.2) is 37.6 Å². The average molecular weight is 762 g/mol. The van der Waals surface area contributed by atoms with Crippen molar-refractivity contribution >= 4 is 45.8 Å². The lowest BCUT2D eigenvalue weighted by atomic mass is 9.93. The predicted molar refractivity (Wildman–Crippen MR) is 134 cm³/mol. The van der Waals surface area contributed by atoms with Gasteiger partial charge in [0.1, 0.15) is 0 Å². The molecule has 0 unspecified atom stereocenters. The topological polar surface area (TPSA) is 58.6 Å². The molecular weight excluding hydrogens is 750 g/mol. The fraction of sp³-hybridized carbons (Fsp3) is 0.200. The van der Waals surface area contributed by atoms with Crippen LogP contribution in [0.1, 0.15) is 26.3 Å². The van der Waals surface area contributed by atoms with E-state index >= 15 is 4.39 Å². The van der Waals surface area contributed by atoms with Gasteiger partial charge in [0.2, 0.25) is 0 Å². The van der Waals surface area contributed by atoms with Crippen molar-refractivity contribution in [3.63, 3.8) is 0 Å². The molecule has 0 aliphatic carbocycles. The molecule has 3 aromatic carbocycles. The van der Waals surface area contributed by atoms with Crippen LogP contribution in [0.2, 0.25) is 0 Å². The van der Waals surface area contributed by atoms with Crippen molar-refractivity contribution in [2.24, 2.45) is 0 Å². The van der Waals surface area contributed by atoms with Gasteiger partial charge in [-0.2, -0.15) is 26.3 Å². The Kier molecular flexibility index (Phi) is 9.43. The van der Waals surface area contributed by atoms with Gasteiger partial charge in [-0.05, 0) is 65.1 Å². The van der Waals surface area contributed by atoms with E-state index in [2.05, 4.69) is 4.74 Å². The fourth-order valence-electron chi connectivity index (χ4n) is 3.66. The van der Waals surface area contributed by atoms with E-state index in [9.17, 15) is 62.3 Å². The van der Waals surface area contributed by atoms with Gasteiger partial charge < -0.3 is 15.0 Å². The van der Waals surface area contributed by atoms with Gasteiger partial charge >= 0.3 is 24.4 Å². The molecule has 0 radical (unpaired) electrons. The van der Waals surface area contributed by atoms with E-state index in [1.54, 1.807) is 5.32 Å². The molecule has 0 saturated carbocycles. The Morgan fingerprint density at radius 1 is 0.818 bits per heavy atom. The lowest BCUT2D eigenvalue weighted by Crippen LogP contribution is -2.50. The molecule has 3 aromatic rings. The molecule has 0 spiro atoms. The molecule has 2 amide bonds. The molecule has 0 bridgehead atoms. The maximum Gasteiger partial charge on any atom is 0.573 e. The molecule has 238 valence electrons. The van der Waals surface area contributed by atoms with Gasteiger partial charge in [-0.1, -0.05) is 6.07 Å². The van der Waals surface area contributed by atoms with Crippen LogP contribution in [0.3, 0.4) is 0 Å². The quantitative estimate of drug-likeness (QED) is 0.203. The Morgan fingerprint density at radius 3 is 1.93 bits per heavy atom. The van der Waals surface area contributed by atoms with E-state index in [0.29, 0.717) is 17.0 Å². The highest BCUT2D eigenvalue weighted by molar-refractivity contribution is 14.1. The monoisotopic (exact) mass is 762 g/mol. The number of halogens is 14. The Labute approximate surface area is 250 Å². The third kappa shape index (κ3) is 6.80. The van der Waals surface area contributed by atoms with E-state index in [1.807, 2.05) is 0 Å².